The number of primary amides is 1. The lowest BCUT2D eigenvalue weighted by atomic mass is 10.1. The first-order valence-corrected chi connectivity index (χ1v) is 9.12. The molecule has 0 aliphatic heterocycles. The zero-order chi connectivity index (χ0) is 17.8. The van der Waals surface area contributed by atoms with E-state index in [1.807, 2.05) is 19.1 Å². The maximum absolute atomic E-state index is 11.8. The number of carbonyl (C=O) groups is 2. The molecule has 5 N–H and O–H groups in total. The maximum atomic E-state index is 11.8. The van der Waals surface area contributed by atoms with E-state index in [0.29, 0.717) is 12.1 Å². The molecule has 0 saturated carbocycles. The average Bonchev–Trinajstić information content (AvgIpc) is 2.58. The molecule has 0 spiro atoms. The number of hydrogen-bond donors (Lipinski definition) is 4. The summed E-state index contributed by atoms with van der Waals surface area (Å²) in [5.41, 5.74) is 6.47. The lowest BCUT2D eigenvalue weighted by Crippen LogP contribution is -2.38. The van der Waals surface area contributed by atoms with Crippen LogP contribution >= 0.6 is 11.8 Å². The van der Waals surface area contributed by atoms with Crippen LogP contribution in [0.25, 0.3) is 0 Å². The minimum Gasteiger partial charge on any atom is -0.368 e. The molecule has 0 atom stereocenters. The van der Waals surface area contributed by atoms with Gasteiger partial charge in [0.25, 0.3) is 5.91 Å². The molecular weight excluding hydrogens is 326 g/mol. The van der Waals surface area contributed by atoms with Crippen LogP contribution in [0, 0.1) is 0 Å². The Kier molecular flexibility index (Phi) is 9.36. The van der Waals surface area contributed by atoms with Gasteiger partial charge >= 0.3 is 0 Å². The van der Waals surface area contributed by atoms with Crippen LogP contribution in [0.4, 0.5) is 0 Å². The standard InChI is InChI=1S/C16H25N5O2S/c1-3-18-16(19-8-9-24-2)21-10-12-4-6-13(7-5-12)15(23)20-11-14(17)22/h4-7H,3,8-11H2,1-2H3,(H2,17,22)(H,20,23)(H2,18,19,21). The van der Waals surface area contributed by atoms with Crippen molar-refractivity contribution in [3.8, 4) is 0 Å². The van der Waals surface area contributed by atoms with E-state index in [9.17, 15) is 9.59 Å². The second-order valence-electron chi connectivity index (χ2n) is 4.96. The smallest absolute Gasteiger partial charge is 0.251 e. The van der Waals surface area contributed by atoms with E-state index >= 15 is 0 Å². The lowest BCUT2D eigenvalue weighted by molar-refractivity contribution is -0.117. The minimum absolute atomic E-state index is 0.168. The highest BCUT2D eigenvalue weighted by Crippen LogP contribution is 2.06. The van der Waals surface area contributed by atoms with Crippen molar-refractivity contribution in [3.05, 3.63) is 35.4 Å². The number of carbonyl (C=O) groups excluding carboxylic acids is 2. The van der Waals surface area contributed by atoms with E-state index in [4.69, 9.17) is 5.73 Å². The van der Waals surface area contributed by atoms with E-state index < -0.39 is 5.91 Å². The Morgan fingerprint density at radius 2 is 1.88 bits per heavy atom. The number of nitrogens with two attached hydrogens (primary N) is 1. The van der Waals surface area contributed by atoms with Crippen molar-refractivity contribution in [2.24, 2.45) is 10.7 Å². The normalized spacial score (nSPS) is 11.0. The number of hydrogen-bond acceptors (Lipinski definition) is 4. The van der Waals surface area contributed by atoms with Crippen LogP contribution < -0.4 is 21.7 Å². The van der Waals surface area contributed by atoms with Crippen LogP contribution in [-0.4, -0.2) is 49.4 Å². The predicted molar refractivity (Wildman–Crippen MR) is 99.2 cm³/mol. The molecule has 0 unspecified atom stereocenters. The number of aliphatic imine (C=N–C) groups is 1. The summed E-state index contributed by atoms with van der Waals surface area (Å²) in [6.45, 7) is 4.01. The minimum atomic E-state index is -0.570. The molecule has 7 nitrogen and oxygen atoms in total. The Balaban J connectivity index is 2.59. The van der Waals surface area contributed by atoms with Gasteiger partial charge in [-0.25, -0.2) is 4.99 Å². The number of amides is 2. The van der Waals surface area contributed by atoms with Crippen LogP contribution in [0.3, 0.4) is 0 Å². The first kappa shape index (κ1) is 19.8. The van der Waals surface area contributed by atoms with Gasteiger partial charge in [-0.15, -0.1) is 0 Å². The molecule has 2 amide bonds. The van der Waals surface area contributed by atoms with Gasteiger partial charge in [-0.2, -0.15) is 11.8 Å². The Morgan fingerprint density at radius 1 is 1.17 bits per heavy atom. The molecule has 24 heavy (non-hydrogen) atoms. The summed E-state index contributed by atoms with van der Waals surface area (Å²) in [7, 11) is 0. The van der Waals surface area contributed by atoms with E-state index in [0.717, 1.165) is 30.4 Å². The van der Waals surface area contributed by atoms with Crippen molar-refractivity contribution in [1.82, 2.24) is 16.0 Å². The van der Waals surface area contributed by atoms with Gasteiger partial charge in [0.1, 0.15) is 0 Å². The van der Waals surface area contributed by atoms with Crippen LogP contribution in [0.5, 0.6) is 0 Å². The van der Waals surface area contributed by atoms with Crippen molar-refractivity contribution >= 4 is 29.5 Å². The third-order valence-corrected chi connectivity index (χ3v) is 3.61. The molecule has 1 rings (SSSR count). The molecule has 0 saturated heterocycles. The fourth-order valence-electron chi connectivity index (χ4n) is 1.81. The SMILES string of the molecule is CCNC(=NCc1ccc(C(=O)NCC(N)=O)cc1)NCCSC. The third-order valence-electron chi connectivity index (χ3n) is 3.00. The number of guanidine groups is 1. The topological polar surface area (TPSA) is 109 Å². The Morgan fingerprint density at radius 3 is 2.46 bits per heavy atom. The fourth-order valence-corrected chi connectivity index (χ4v) is 2.12. The van der Waals surface area contributed by atoms with Gasteiger partial charge in [-0.3, -0.25) is 9.59 Å². The van der Waals surface area contributed by atoms with E-state index in [1.165, 1.54) is 0 Å². The number of rotatable bonds is 9. The summed E-state index contributed by atoms with van der Waals surface area (Å²) < 4.78 is 0. The summed E-state index contributed by atoms with van der Waals surface area (Å²) >= 11 is 1.77. The molecule has 132 valence electrons. The summed E-state index contributed by atoms with van der Waals surface area (Å²) in [5.74, 6) is 0.893. The van der Waals surface area contributed by atoms with Gasteiger partial charge < -0.3 is 21.7 Å². The molecule has 8 heteroatoms. The second-order valence-corrected chi connectivity index (χ2v) is 5.95. The monoisotopic (exact) mass is 351 g/mol. The van der Waals surface area contributed by atoms with Crippen LogP contribution in [-0.2, 0) is 11.3 Å². The van der Waals surface area contributed by atoms with Crippen molar-refractivity contribution < 1.29 is 9.59 Å². The molecule has 0 aliphatic carbocycles. The van der Waals surface area contributed by atoms with Crippen LogP contribution in [0.15, 0.2) is 29.3 Å². The van der Waals surface area contributed by atoms with Crippen molar-refractivity contribution in [2.75, 3.05) is 31.6 Å². The molecule has 0 heterocycles. The van der Waals surface area contributed by atoms with Gasteiger partial charge in [0.05, 0.1) is 13.1 Å². The Bertz CT molecular complexity index is 560. The van der Waals surface area contributed by atoms with Crippen molar-refractivity contribution in [3.63, 3.8) is 0 Å². The van der Waals surface area contributed by atoms with Gasteiger partial charge in [-0.05, 0) is 30.9 Å². The zero-order valence-electron chi connectivity index (χ0n) is 14.1. The predicted octanol–water partition coefficient (Wildman–Crippen LogP) is 0.320. The highest BCUT2D eigenvalue weighted by Gasteiger charge is 2.06. The molecule has 0 aromatic heterocycles. The van der Waals surface area contributed by atoms with Gasteiger partial charge in [0.15, 0.2) is 5.96 Å². The number of nitrogens with one attached hydrogen (secondary N) is 3. The number of nitrogens with zero attached hydrogens (tertiary/aromatic N) is 1. The third kappa shape index (κ3) is 7.87. The van der Waals surface area contributed by atoms with Gasteiger partial charge in [0, 0.05) is 24.4 Å². The molecular formula is C16H25N5O2S. The van der Waals surface area contributed by atoms with E-state index in [-0.39, 0.29) is 12.5 Å². The first-order chi connectivity index (χ1) is 11.6. The van der Waals surface area contributed by atoms with Crippen molar-refractivity contribution in [2.45, 2.75) is 13.5 Å². The zero-order valence-corrected chi connectivity index (χ0v) is 14.9. The Hall–Kier alpha value is -2.22. The average molecular weight is 351 g/mol. The van der Waals surface area contributed by atoms with Crippen LogP contribution in [0.1, 0.15) is 22.8 Å². The highest BCUT2D eigenvalue weighted by molar-refractivity contribution is 7.98. The van der Waals surface area contributed by atoms with Gasteiger partial charge in [0.2, 0.25) is 5.91 Å². The molecule has 1 aromatic carbocycles. The first-order valence-electron chi connectivity index (χ1n) is 7.73. The molecule has 0 aliphatic rings. The summed E-state index contributed by atoms with van der Waals surface area (Å²) in [6.07, 6.45) is 2.06. The van der Waals surface area contributed by atoms with Crippen LogP contribution in [0.2, 0.25) is 0 Å². The molecule has 0 radical (unpaired) electrons. The van der Waals surface area contributed by atoms with E-state index in [2.05, 4.69) is 27.2 Å². The van der Waals surface area contributed by atoms with Crippen molar-refractivity contribution in [1.29, 1.82) is 0 Å². The molecule has 0 fully saturated rings. The quantitative estimate of drug-likeness (QED) is 0.291. The fraction of sp³-hybridized carbons (Fsp3) is 0.438. The molecule has 1 aromatic rings. The summed E-state index contributed by atoms with van der Waals surface area (Å²) in [5, 5.41) is 8.90. The second kappa shape index (κ2) is 11.3. The Labute approximate surface area is 146 Å². The summed E-state index contributed by atoms with van der Waals surface area (Å²) in [4.78, 5) is 27.0. The highest BCUT2D eigenvalue weighted by atomic mass is 32.2. The maximum Gasteiger partial charge on any atom is 0.251 e. The lowest BCUT2D eigenvalue weighted by Gasteiger charge is -2.10. The number of thioether (sulfide) groups is 1. The number of benzene rings is 1. The van der Waals surface area contributed by atoms with Gasteiger partial charge in [-0.1, -0.05) is 12.1 Å². The molecule has 0 bridgehead atoms. The van der Waals surface area contributed by atoms with E-state index in [1.54, 1.807) is 23.9 Å². The largest absolute Gasteiger partial charge is 0.368 e. The summed E-state index contributed by atoms with van der Waals surface area (Å²) in [6, 6.07) is 7.09.